The second-order valence-electron chi connectivity index (χ2n) is 7.54. The van der Waals surface area contributed by atoms with E-state index in [1.165, 1.54) is 76.7 Å². The zero-order valence-electron chi connectivity index (χ0n) is 15.5. The van der Waals surface area contributed by atoms with Crippen LogP contribution in [0.3, 0.4) is 0 Å². The number of hydrogen-bond donors (Lipinski definition) is 0. The lowest BCUT2D eigenvalue weighted by molar-refractivity contribution is 0.196. The van der Waals surface area contributed by atoms with Crippen LogP contribution in [0.2, 0.25) is 0 Å². The molecular formula is C23H29F2N. The predicted octanol–water partition coefficient (Wildman–Crippen LogP) is 6.29. The third kappa shape index (κ3) is 5.91. The normalized spacial score (nSPS) is 18.4. The van der Waals surface area contributed by atoms with Crippen molar-refractivity contribution in [2.24, 2.45) is 5.92 Å². The molecule has 1 aliphatic carbocycles. The van der Waals surface area contributed by atoms with Crippen molar-refractivity contribution in [2.45, 2.75) is 44.9 Å². The Kier molecular flexibility index (Phi) is 7.19. The van der Waals surface area contributed by atoms with Crippen molar-refractivity contribution >= 4 is 0 Å². The molecule has 2 fully saturated rings. The first kappa shape index (κ1) is 19.0. The van der Waals surface area contributed by atoms with E-state index in [9.17, 15) is 8.78 Å². The van der Waals surface area contributed by atoms with Gasteiger partial charge in [0.2, 0.25) is 0 Å². The van der Waals surface area contributed by atoms with Crippen LogP contribution in [-0.4, -0.2) is 24.5 Å². The molecule has 1 nitrogen and oxygen atoms in total. The van der Waals surface area contributed by atoms with Gasteiger partial charge in [0, 0.05) is 12.6 Å². The van der Waals surface area contributed by atoms with Crippen LogP contribution in [0.5, 0.6) is 0 Å². The Morgan fingerprint density at radius 1 is 0.731 bits per heavy atom. The van der Waals surface area contributed by atoms with Crippen molar-refractivity contribution in [1.82, 2.24) is 4.90 Å². The molecule has 0 radical (unpaired) electrons. The van der Waals surface area contributed by atoms with Gasteiger partial charge in [-0.1, -0.05) is 49.6 Å². The van der Waals surface area contributed by atoms with Crippen LogP contribution in [0, 0.1) is 17.6 Å². The van der Waals surface area contributed by atoms with Gasteiger partial charge in [0.1, 0.15) is 11.6 Å². The van der Waals surface area contributed by atoms with Gasteiger partial charge < -0.3 is 4.90 Å². The zero-order valence-corrected chi connectivity index (χ0v) is 15.5. The van der Waals surface area contributed by atoms with Crippen LogP contribution in [0.4, 0.5) is 8.78 Å². The van der Waals surface area contributed by atoms with E-state index in [0.29, 0.717) is 5.56 Å². The van der Waals surface area contributed by atoms with Gasteiger partial charge in [-0.15, -0.1) is 0 Å². The van der Waals surface area contributed by atoms with E-state index >= 15 is 0 Å². The fourth-order valence-electron chi connectivity index (χ4n) is 4.05. The van der Waals surface area contributed by atoms with Gasteiger partial charge in [-0.2, -0.15) is 0 Å². The lowest BCUT2D eigenvalue weighted by atomic mass is 10.1. The van der Waals surface area contributed by atoms with Crippen molar-refractivity contribution < 1.29 is 8.78 Å². The van der Waals surface area contributed by atoms with Gasteiger partial charge >= 0.3 is 0 Å². The lowest BCUT2D eigenvalue weighted by Crippen LogP contribution is -2.33. The third-order valence-corrected chi connectivity index (χ3v) is 5.41. The van der Waals surface area contributed by atoms with Crippen LogP contribution >= 0.6 is 0 Å². The molecule has 2 aromatic carbocycles. The first-order valence-corrected chi connectivity index (χ1v) is 9.94. The van der Waals surface area contributed by atoms with Gasteiger partial charge in [0.05, 0.1) is 0 Å². The highest BCUT2D eigenvalue weighted by Gasteiger charge is 2.19. The summed E-state index contributed by atoms with van der Waals surface area (Å²) in [5, 5.41) is 0. The Labute approximate surface area is 156 Å². The second-order valence-corrected chi connectivity index (χ2v) is 7.54. The summed E-state index contributed by atoms with van der Waals surface area (Å²) in [5.74, 6) is -0.0455. The molecule has 0 N–H and O–H groups in total. The topological polar surface area (TPSA) is 3.24 Å². The molecule has 0 amide bonds. The summed E-state index contributed by atoms with van der Waals surface area (Å²) in [7, 11) is 0. The highest BCUT2D eigenvalue weighted by atomic mass is 19.1. The fraction of sp³-hybridized carbons (Fsp3) is 0.478. The Morgan fingerprint density at radius 2 is 1.35 bits per heavy atom. The van der Waals surface area contributed by atoms with Crippen LogP contribution in [0.25, 0.3) is 11.1 Å². The molecule has 1 heterocycles. The average molecular weight is 357 g/mol. The Balaban J connectivity index is 0.000000152. The number of nitrogens with zero attached hydrogens (tertiary/aromatic N) is 1. The van der Waals surface area contributed by atoms with Crippen LogP contribution < -0.4 is 0 Å². The van der Waals surface area contributed by atoms with E-state index < -0.39 is 11.6 Å². The molecule has 140 valence electrons. The number of hydrogen-bond acceptors (Lipinski definition) is 1. The molecule has 2 aliphatic rings. The van der Waals surface area contributed by atoms with Crippen molar-refractivity contribution in [1.29, 1.82) is 0 Å². The minimum absolute atomic E-state index is 0.552. The third-order valence-electron chi connectivity index (χ3n) is 5.41. The monoisotopic (exact) mass is 357 g/mol. The van der Waals surface area contributed by atoms with Gasteiger partial charge in [-0.25, -0.2) is 8.78 Å². The van der Waals surface area contributed by atoms with Gasteiger partial charge in [0.15, 0.2) is 0 Å². The van der Waals surface area contributed by atoms with E-state index in [-0.39, 0.29) is 0 Å². The molecule has 4 rings (SSSR count). The summed E-state index contributed by atoms with van der Waals surface area (Å²) in [4.78, 5) is 2.69. The predicted molar refractivity (Wildman–Crippen MR) is 104 cm³/mol. The van der Waals surface area contributed by atoms with E-state index in [1.807, 2.05) is 30.3 Å². The molecular weight excluding hydrogens is 328 g/mol. The number of halogens is 2. The molecule has 26 heavy (non-hydrogen) atoms. The Hall–Kier alpha value is -1.74. The summed E-state index contributed by atoms with van der Waals surface area (Å²) >= 11 is 0. The minimum Gasteiger partial charge on any atom is -0.303 e. The van der Waals surface area contributed by atoms with E-state index in [1.54, 1.807) is 0 Å². The molecule has 3 heteroatoms. The number of likely N-dealkylation sites (tertiary alicyclic amines) is 1. The van der Waals surface area contributed by atoms with Crippen LogP contribution in [0.1, 0.15) is 44.9 Å². The highest BCUT2D eigenvalue weighted by Crippen LogP contribution is 2.26. The SMILES string of the molecule is C1CCN(CC2CCCC2)CC1.Fc1cc(F)cc(-c2ccccc2)c1. The minimum atomic E-state index is -0.552. The summed E-state index contributed by atoms with van der Waals surface area (Å²) in [6.07, 6.45) is 10.4. The average Bonchev–Trinajstić information content (AvgIpc) is 3.16. The number of piperidine rings is 1. The maximum absolute atomic E-state index is 12.9. The second kappa shape index (κ2) is 9.82. The maximum Gasteiger partial charge on any atom is 0.126 e. The standard InChI is InChI=1S/C12H8F2.C11H21N/c13-11-6-10(7-12(14)8-11)9-4-2-1-3-5-9;1-4-8-12(9-5-1)10-11-6-2-3-7-11/h1-8H;11H,1-10H2. The lowest BCUT2D eigenvalue weighted by Gasteiger charge is -2.28. The zero-order chi connectivity index (χ0) is 18.2. The van der Waals surface area contributed by atoms with Crippen molar-refractivity contribution in [3.05, 3.63) is 60.2 Å². The van der Waals surface area contributed by atoms with Gasteiger partial charge in [-0.05, 0) is 68.0 Å². The largest absolute Gasteiger partial charge is 0.303 e. The first-order chi connectivity index (χ1) is 12.7. The molecule has 0 bridgehead atoms. The molecule has 0 aromatic heterocycles. The molecule has 0 spiro atoms. The van der Waals surface area contributed by atoms with E-state index in [4.69, 9.17) is 0 Å². The van der Waals surface area contributed by atoms with Crippen molar-refractivity contribution in [3.63, 3.8) is 0 Å². The number of benzene rings is 2. The summed E-state index contributed by atoms with van der Waals surface area (Å²) in [6.45, 7) is 4.19. The Bertz CT molecular complexity index is 639. The summed E-state index contributed by atoms with van der Waals surface area (Å²) in [6, 6.07) is 12.7. The van der Waals surface area contributed by atoms with Crippen molar-refractivity contribution in [3.8, 4) is 11.1 Å². The molecule has 0 unspecified atom stereocenters. The Morgan fingerprint density at radius 3 is 1.96 bits per heavy atom. The maximum atomic E-state index is 12.9. The summed E-state index contributed by atoms with van der Waals surface area (Å²) < 4.78 is 25.7. The van der Waals surface area contributed by atoms with E-state index in [0.717, 1.165) is 17.5 Å². The number of rotatable bonds is 3. The smallest absolute Gasteiger partial charge is 0.126 e. The summed E-state index contributed by atoms with van der Waals surface area (Å²) in [5.41, 5.74) is 1.37. The molecule has 0 atom stereocenters. The quantitative estimate of drug-likeness (QED) is 0.623. The van der Waals surface area contributed by atoms with Crippen molar-refractivity contribution in [2.75, 3.05) is 19.6 Å². The first-order valence-electron chi connectivity index (χ1n) is 9.94. The van der Waals surface area contributed by atoms with Crippen LogP contribution in [0.15, 0.2) is 48.5 Å². The molecule has 2 aromatic rings. The van der Waals surface area contributed by atoms with Crippen LogP contribution in [-0.2, 0) is 0 Å². The van der Waals surface area contributed by atoms with E-state index in [2.05, 4.69) is 4.90 Å². The fourth-order valence-corrected chi connectivity index (χ4v) is 4.05. The van der Waals surface area contributed by atoms with Gasteiger partial charge in [0.25, 0.3) is 0 Å². The molecule has 1 saturated carbocycles. The van der Waals surface area contributed by atoms with Gasteiger partial charge in [-0.3, -0.25) is 0 Å². The highest BCUT2D eigenvalue weighted by molar-refractivity contribution is 5.63. The molecule has 1 saturated heterocycles. The molecule has 1 aliphatic heterocycles.